The van der Waals surface area contributed by atoms with E-state index < -0.39 is 11.7 Å². The molecule has 8 nitrogen and oxygen atoms in total. The molecule has 2 unspecified atom stereocenters. The van der Waals surface area contributed by atoms with Crippen molar-refractivity contribution in [1.29, 1.82) is 0 Å². The van der Waals surface area contributed by atoms with Gasteiger partial charge in [-0.05, 0) is 54.8 Å². The van der Waals surface area contributed by atoms with Gasteiger partial charge in [0.15, 0.2) is 5.82 Å². The molecule has 0 saturated carbocycles. The standard InChI is InChI=1S/C27H30F3N7O/c28-27(29,30)19-4-1-3-18(15-19)22-10-11-23-25(35-22)37(21-5-2-14-36(23)16-21)26(38)34-20-8-6-17(7-9-20)24(32)33-13-12-31/h1,3-4,6-11,15,21,24,33H,2,5,12-14,16,31-32H2,(H,34,38). The zero-order valence-corrected chi connectivity index (χ0v) is 20.7. The van der Waals surface area contributed by atoms with Crippen LogP contribution in [0.4, 0.5) is 35.2 Å². The van der Waals surface area contributed by atoms with Gasteiger partial charge in [0.25, 0.3) is 0 Å². The van der Waals surface area contributed by atoms with Crippen molar-refractivity contribution < 1.29 is 18.0 Å². The molecule has 38 heavy (non-hydrogen) atoms. The summed E-state index contributed by atoms with van der Waals surface area (Å²) in [7, 11) is 0. The third-order valence-corrected chi connectivity index (χ3v) is 6.92. The first-order chi connectivity index (χ1) is 18.2. The number of nitrogens with two attached hydrogens (primary N) is 2. The Morgan fingerprint density at radius 1 is 1.13 bits per heavy atom. The average molecular weight is 526 g/mol. The number of halogens is 3. The number of nitrogens with one attached hydrogen (secondary N) is 2. The van der Waals surface area contributed by atoms with Crippen molar-refractivity contribution >= 4 is 23.2 Å². The summed E-state index contributed by atoms with van der Waals surface area (Å²) >= 11 is 0. The lowest BCUT2D eigenvalue weighted by Gasteiger charge is -2.45. The Balaban J connectivity index is 1.43. The summed E-state index contributed by atoms with van der Waals surface area (Å²) in [5, 5.41) is 6.06. The SMILES string of the molecule is NCCNC(N)c1ccc(NC(=O)N2c3nc(-c4cccc(C(F)(F)F)c4)ccc3N3CCCC2C3)cc1. The van der Waals surface area contributed by atoms with E-state index in [2.05, 4.69) is 15.5 Å². The molecule has 6 N–H and O–H groups in total. The maximum atomic E-state index is 13.6. The van der Waals surface area contributed by atoms with Crippen LogP contribution in [0.15, 0.2) is 60.7 Å². The molecule has 0 radical (unpaired) electrons. The second-order valence-corrected chi connectivity index (χ2v) is 9.50. The van der Waals surface area contributed by atoms with Gasteiger partial charge in [-0.3, -0.25) is 10.2 Å². The molecule has 0 spiro atoms. The number of carbonyl (C=O) groups is 1. The maximum absolute atomic E-state index is 13.6. The first-order valence-electron chi connectivity index (χ1n) is 12.6. The number of nitrogens with zero attached hydrogens (tertiary/aromatic N) is 3. The first kappa shape index (κ1) is 26.0. The molecule has 2 atom stereocenters. The fourth-order valence-electron chi connectivity index (χ4n) is 5.01. The highest BCUT2D eigenvalue weighted by Gasteiger charge is 2.38. The average Bonchev–Trinajstić information content (AvgIpc) is 2.91. The number of aromatic nitrogens is 1. The van der Waals surface area contributed by atoms with Crippen molar-refractivity contribution in [3.8, 4) is 11.3 Å². The molecule has 2 aliphatic rings. The van der Waals surface area contributed by atoms with Crippen LogP contribution in [0.5, 0.6) is 0 Å². The van der Waals surface area contributed by atoms with Gasteiger partial charge in [-0.1, -0.05) is 24.3 Å². The minimum absolute atomic E-state index is 0.103. The summed E-state index contributed by atoms with van der Waals surface area (Å²) in [4.78, 5) is 22.1. The molecule has 200 valence electrons. The molecule has 2 amide bonds. The van der Waals surface area contributed by atoms with Crippen molar-refractivity contribution in [3.63, 3.8) is 0 Å². The van der Waals surface area contributed by atoms with Gasteiger partial charge >= 0.3 is 12.2 Å². The number of carbonyl (C=O) groups excluding carboxylic acids is 1. The summed E-state index contributed by atoms with van der Waals surface area (Å²) < 4.78 is 39.9. The lowest BCUT2D eigenvalue weighted by molar-refractivity contribution is -0.137. The van der Waals surface area contributed by atoms with Crippen LogP contribution in [-0.2, 0) is 6.18 Å². The van der Waals surface area contributed by atoms with Gasteiger partial charge in [-0.2, -0.15) is 13.2 Å². The lowest BCUT2D eigenvalue weighted by atomic mass is 9.99. The van der Waals surface area contributed by atoms with Gasteiger partial charge < -0.3 is 21.7 Å². The van der Waals surface area contributed by atoms with Crippen LogP contribution < -0.4 is 31.9 Å². The molecule has 1 fully saturated rings. The molecule has 2 aromatic carbocycles. The predicted molar refractivity (Wildman–Crippen MR) is 142 cm³/mol. The molecule has 11 heteroatoms. The number of urea groups is 1. The number of benzene rings is 2. The number of fused-ring (bicyclic) bond motifs is 4. The van der Waals surface area contributed by atoms with Crippen LogP contribution in [-0.4, -0.2) is 43.2 Å². The zero-order chi connectivity index (χ0) is 26.9. The number of pyridine rings is 1. The largest absolute Gasteiger partial charge is 0.416 e. The fraction of sp³-hybridized carbons (Fsp3) is 0.333. The molecule has 2 bridgehead atoms. The van der Waals surface area contributed by atoms with E-state index >= 15 is 0 Å². The summed E-state index contributed by atoms with van der Waals surface area (Å²) in [6, 6.07) is 15.4. The van der Waals surface area contributed by atoms with Crippen molar-refractivity contribution in [3.05, 3.63) is 71.8 Å². The number of rotatable bonds is 6. The van der Waals surface area contributed by atoms with Gasteiger partial charge in [0.1, 0.15) is 0 Å². The lowest BCUT2D eigenvalue weighted by Crippen LogP contribution is -2.56. The van der Waals surface area contributed by atoms with Gasteiger partial charge in [-0.25, -0.2) is 9.78 Å². The van der Waals surface area contributed by atoms with Crippen LogP contribution in [0.25, 0.3) is 11.3 Å². The van der Waals surface area contributed by atoms with Gasteiger partial charge in [-0.15, -0.1) is 0 Å². The number of alkyl halides is 3. The van der Waals surface area contributed by atoms with Crippen LogP contribution in [0, 0.1) is 0 Å². The van der Waals surface area contributed by atoms with E-state index in [4.69, 9.17) is 16.5 Å². The summed E-state index contributed by atoms with van der Waals surface area (Å²) in [6.07, 6.45) is -3.10. The quantitative estimate of drug-likeness (QED) is 0.357. The topological polar surface area (TPSA) is 113 Å². The van der Waals surface area contributed by atoms with Crippen molar-refractivity contribution in [1.82, 2.24) is 10.3 Å². The number of amides is 2. The summed E-state index contributed by atoms with van der Waals surface area (Å²) in [5.41, 5.74) is 13.8. The van der Waals surface area contributed by atoms with Crippen LogP contribution in [0.1, 0.15) is 30.1 Å². The number of anilines is 3. The highest BCUT2D eigenvalue weighted by atomic mass is 19.4. The first-order valence-corrected chi connectivity index (χ1v) is 12.6. The molecular weight excluding hydrogens is 495 g/mol. The van der Waals surface area contributed by atoms with Gasteiger partial charge in [0.2, 0.25) is 0 Å². The molecule has 3 heterocycles. The molecule has 1 aromatic heterocycles. The van der Waals surface area contributed by atoms with E-state index in [1.807, 2.05) is 18.2 Å². The zero-order valence-electron chi connectivity index (χ0n) is 20.7. The minimum atomic E-state index is -4.46. The van der Waals surface area contributed by atoms with E-state index in [0.717, 1.165) is 42.8 Å². The van der Waals surface area contributed by atoms with Crippen LogP contribution in [0.3, 0.4) is 0 Å². The van der Waals surface area contributed by atoms with E-state index in [-0.39, 0.29) is 18.2 Å². The van der Waals surface area contributed by atoms with Crippen molar-refractivity contribution in [2.45, 2.75) is 31.2 Å². The number of piperidine rings is 1. The Bertz CT molecular complexity index is 1300. The Labute approximate surface area is 218 Å². The third kappa shape index (κ3) is 5.31. The number of hydrogen-bond acceptors (Lipinski definition) is 6. The molecule has 2 aliphatic heterocycles. The van der Waals surface area contributed by atoms with E-state index in [1.54, 1.807) is 29.2 Å². The van der Waals surface area contributed by atoms with Crippen LogP contribution >= 0.6 is 0 Å². The monoisotopic (exact) mass is 525 g/mol. The second-order valence-electron chi connectivity index (χ2n) is 9.50. The summed E-state index contributed by atoms with van der Waals surface area (Å²) in [6.45, 7) is 2.57. The molecular formula is C27H30F3N7O. The molecule has 5 rings (SSSR count). The predicted octanol–water partition coefficient (Wildman–Crippen LogP) is 4.29. The Morgan fingerprint density at radius 2 is 1.92 bits per heavy atom. The molecule has 3 aromatic rings. The smallest absolute Gasteiger partial charge is 0.366 e. The van der Waals surface area contributed by atoms with Crippen LogP contribution in [0.2, 0.25) is 0 Å². The Hall–Kier alpha value is -3.67. The summed E-state index contributed by atoms with van der Waals surface area (Å²) in [5.74, 6) is 0.443. The third-order valence-electron chi connectivity index (χ3n) is 6.92. The van der Waals surface area contributed by atoms with E-state index in [0.29, 0.717) is 42.4 Å². The highest BCUT2D eigenvalue weighted by Crippen LogP contribution is 2.40. The maximum Gasteiger partial charge on any atom is 0.416 e. The normalized spacial score (nSPS) is 17.7. The van der Waals surface area contributed by atoms with Gasteiger partial charge in [0, 0.05) is 37.4 Å². The Morgan fingerprint density at radius 3 is 2.66 bits per heavy atom. The van der Waals surface area contributed by atoms with E-state index in [1.165, 1.54) is 6.07 Å². The molecule has 1 saturated heterocycles. The number of hydrogen-bond donors (Lipinski definition) is 4. The van der Waals surface area contributed by atoms with Crippen molar-refractivity contribution in [2.75, 3.05) is 41.3 Å². The second kappa shape index (κ2) is 10.6. The van der Waals surface area contributed by atoms with Crippen molar-refractivity contribution in [2.24, 2.45) is 11.5 Å². The van der Waals surface area contributed by atoms with Gasteiger partial charge in [0.05, 0.1) is 29.2 Å². The molecule has 0 aliphatic carbocycles. The van der Waals surface area contributed by atoms with E-state index in [9.17, 15) is 18.0 Å². The highest BCUT2D eigenvalue weighted by molar-refractivity contribution is 6.04. The fourth-order valence-corrected chi connectivity index (χ4v) is 5.01. The Kier molecular flexibility index (Phi) is 7.24. The minimum Gasteiger partial charge on any atom is -0.366 e.